The van der Waals surface area contributed by atoms with Gasteiger partial charge in [-0.05, 0) is 60.6 Å². The van der Waals surface area contributed by atoms with E-state index in [1.54, 1.807) is 18.2 Å². The van der Waals surface area contributed by atoms with Gasteiger partial charge in [-0.15, -0.1) is 0 Å². The van der Waals surface area contributed by atoms with Crippen LogP contribution in [0.2, 0.25) is 0 Å². The second-order valence-corrected chi connectivity index (χ2v) is 6.68. The minimum atomic E-state index is -0.489. The van der Waals surface area contributed by atoms with Crippen LogP contribution in [0.1, 0.15) is 18.1 Å². The van der Waals surface area contributed by atoms with Crippen LogP contribution in [0.4, 0.5) is 5.69 Å². The number of ether oxygens (including phenoxy) is 1. The Morgan fingerprint density at radius 1 is 1.19 bits per heavy atom. The largest absolute Gasteiger partial charge is 0.490 e. The van der Waals surface area contributed by atoms with Crippen LogP contribution in [0.5, 0.6) is 5.75 Å². The number of anilines is 1. The van der Waals surface area contributed by atoms with Crippen molar-refractivity contribution in [2.75, 3.05) is 4.90 Å². The molecule has 1 fully saturated rings. The number of carbonyl (C=O) groups is 2. The summed E-state index contributed by atoms with van der Waals surface area (Å²) in [4.78, 5) is 26.6. The van der Waals surface area contributed by atoms with E-state index in [1.807, 2.05) is 43.3 Å². The molecule has 0 unspecified atom stereocenters. The Balaban J connectivity index is 1.70. The maximum atomic E-state index is 12.9. The Morgan fingerprint density at radius 2 is 1.96 bits per heavy atom. The topological polar surface area (TPSA) is 58.6 Å². The van der Waals surface area contributed by atoms with Gasteiger partial charge in [0.05, 0.1) is 5.69 Å². The van der Waals surface area contributed by atoms with Gasteiger partial charge in [0, 0.05) is 6.42 Å². The third-order valence-corrected chi connectivity index (χ3v) is 4.63. The van der Waals surface area contributed by atoms with E-state index in [4.69, 9.17) is 17.0 Å². The van der Waals surface area contributed by atoms with E-state index in [2.05, 4.69) is 5.32 Å². The monoisotopic (exact) mass is 364 g/mol. The van der Waals surface area contributed by atoms with Gasteiger partial charge in [0.1, 0.15) is 17.4 Å². The van der Waals surface area contributed by atoms with E-state index in [9.17, 15) is 9.59 Å². The van der Waals surface area contributed by atoms with Gasteiger partial charge in [0.2, 0.25) is 0 Å². The van der Waals surface area contributed by atoms with Gasteiger partial charge in [-0.3, -0.25) is 19.8 Å². The molecule has 26 heavy (non-hydrogen) atoms. The van der Waals surface area contributed by atoms with Crippen LogP contribution in [0.15, 0.2) is 54.1 Å². The highest BCUT2D eigenvalue weighted by Gasteiger charge is 2.34. The molecule has 2 aliphatic rings. The summed E-state index contributed by atoms with van der Waals surface area (Å²) in [6, 6.07) is 14.7. The molecular formula is C20H16N2O3S. The molecule has 1 N–H and O–H groups in total. The zero-order valence-electron chi connectivity index (χ0n) is 14.1. The van der Waals surface area contributed by atoms with Crippen molar-refractivity contribution >= 4 is 40.9 Å². The van der Waals surface area contributed by atoms with Gasteiger partial charge in [-0.1, -0.05) is 24.3 Å². The highest BCUT2D eigenvalue weighted by atomic mass is 32.1. The first-order valence-corrected chi connectivity index (χ1v) is 8.70. The molecule has 130 valence electrons. The molecule has 5 nitrogen and oxygen atoms in total. The number of benzene rings is 2. The molecule has 0 radical (unpaired) electrons. The predicted octanol–water partition coefficient (Wildman–Crippen LogP) is 2.84. The lowest BCUT2D eigenvalue weighted by atomic mass is 10.0. The van der Waals surface area contributed by atoms with Gasteiger partial charge in [-0.2, -0.15) is 0 Å². The molecule has 2 amide bonds. The Kier molecular flexibility index (Phi) is 4.05. The fraction of sp³-hybridized carbons (Fsp3) is 0.150. The van der Waals surface area contributed by atoms with Crippen molar-refractivity contribution in [1.29, 1.82) is 0 Å². The lowest BCUT2D eigenvalue weighted by molar-refractivity contribution is -0.122. The molecule has 4 rings (SSSR count). The van der Waals surface area contributed by atoms with Gasteiger partial charge < -0.3 is 4.74 Å². The number of carbonyl (C=O) groups excluding carboxylic acids is 2. The maximum Gasteiger partial charge on any atom is 0.270 e. The first-order chi connectivity index (χ1) is 12.5. The van der Waals surface area contributed by atoms with E-state index >= 15 is 0 Å². The fourth-order valence-corrected chi connectivity index (χ4v) is 3.45. The second-order valence-electron chi connectivity index (χ2n) is 6.29. The maximum absolute atomic E-state index is 12.9. The second kappa shape index (κ2) is 6.38. The number of fused-ring (bicyclic) bond motifs is 1. The van der Waals surface area contributed by atoms with Crippen molar-refractivity contribution in [3.63, 3.8) is 0 Å². The molecule has 1 saturated heterocycles. The number of amides is 2. The van der Waals surface area contributed by atoms with E-state index < -0.39 is 11.8 Å². The van der Waals surface area contributed by atoms with Crippen LogP contribution in [0.25, 0.3) is 6.08 Å². The zero-order chi connectivity index (χ0) is 18.3. The summed E-state index contributed by atoms with van der Waals surface area (Å²) in [6.45, 7) is 2.01. The normalized spacial score (nSPS) is 20.8. The third kappa shape index (κ3) is 2.88. The quantitative estimate of drug-likeness (QED) is 0.506. The molecule has 1 atom stereocenters. The highest BCUT2D eigenvalue weighted by Crippen LogP contribution is 2.30. The van der Waals surface area contributed by atoms with E-state index in [0.29, 0.717) is 5.69 Å². The van der Waals surface area contributed by atoms with Crippen LogP contribution < -0.4 is 15.0 Å². The van der Waals surface area contributed by atoms with Crippen LogP contribution >= 0.6 is 12.2 Å². The molecule has 0 bridgehead atoms. The highest BCUT2D eigenvalue weighted by molar-refractivity contribution is 7.80. The molecule has 2 aromatic carbocycles. The number of hydrogen-bond donors (Lipinski definition) is 1. The molecule has 0 saturated carbocycles. The molecule has 2 aliphatic heterocycles. The van der Waals surface area contributed by atoms with Crippen LogP contribution in [0, 0.1) is 0 Å². The molecular weight excluding hydrogens is 348 g/mol. The summed E-state index contributed by atoms with van der Waals surface area (Å²) in [6.07, 6.45) is 2.55. The number of thiocarbonyl (C=S) groups is 1. The van der Waals surface area contributed by atoms with Crippen molar-refractivity contribution in [2.24, 2.45) is 0 Å². The van der Waals surface area contributed by atoms with Gasteiger partial charge in [0.25, 0.3) is 11.8 Å². The summed E-state index contributed by atoms with van der Waals surface area (Å²) in [7, 11) is 0. The van der Waals surface area contributed by atoms with Crippen molar-refractivity contribution in [1.82, 2.24) is 5.32 Å². The SMILES string of the molecule is C[C@@H]1Cc2cc(/C=C3/C(=O)NC(=S)N(c4ccccc4)C3=O)ccc2O1. The first kappa shape index (κ1) is 16.5. The van der Waals surface area contributed by atoms with Crippen LogP contribution in [0.3, 0.4) is 0 Å². The minimum absolute atomic E-state index is 0.0503. The molecule has 0 spiro atoms. The summed E-state index contributed by atoms with van der Waals surface area (Å²) in [5.74, 6) is -0.0708. The summed E-state index contributed by atoms with van der Waals surface area (Å²) < 4.78 is 5.69. The predicted molar refractivity (Wildman–Crippen MR) is 103 cm³/mol. The molecule has 2 heterocycles. The van der Waals surface area contributed by atoms with Gasteiger partial charge in [-0.25, -0.2) is 0 Å². The van der Waals surface area contributed by atoms with E-state index in [1.165, 1.54) is 4.90 Å². The Bertz CT molecular complexity index is 953. The number of nitrogens with zero attached hydrogens (tertiary/aromatic N) is 1. The number of rotatable bonds is 2. The van der Waals surface area contributed by atoms with Crippen LogP contribution in [-0.4, -0.2) is 23.0 Å². The Morgan fingerprint density at radius 3 is 2.73 bits per heavy atom. The summed E-state index contributed by atoms with van der Waals surface area (Å²) >= 11 is 5.19. The van der Waals surface area contributed by atoms with Crippen LogP contribution in [-0.2, 0) is 16.0 Å². The molecule has 0 aliphatic carbocycles. The zero-order valence-corrected chi connectivity index (χ0v) is 14.9. The van der Waals surface area contributed by atoms with Crippen molar-refractivity contribution in [3.05, 3.63) is 65.2 Å². The van der Waals surface area contributed by atoms with Crippen molar-refractivity contribution < 1.29 is 14.3 Å². The third-order valence-electron chi connectivity index (χ3n) is 4.35. The standard InChI is InChI=1S/C20H16N2O3S/c1-12-9-14-10-13(7-8-17(14)25-12)11-16-18(23)21-20(26)22(19(16)24)15-5-3-2-4-6-15/h2-8,10-12H,9H2,1H3,(H,21,23,26)/b16-11-/t12-/m1/s1. The fourth-order valence-electron chi connectivity index (χ4n) is 3.17. The molecule has 6 heteroatoms. The van der Waals surface area contributed by atoms with Gasteiger partial charge in [0.15, 0.2) is 5.11 Å². The Labute approximate surface area is 156 Å². The lowest BCUT2D eigenvalue weighted by Gasteiger charge is -2.28. The molecule has 0 aromatic heterocycles. The first-order valence-electron chi connectivity index (χ1n) is 8.29. The summed E-state index contributed by atoms with van der Waals surface area (Å²) in [5, 5.41) is 2.68. The minimum Gasteiger partial charge on any atom is -0.490 e. The number of para-hydroxylation sites is 1. The summed E-state index contributed by atoms with van der Waals surface area (Å²) in [5.41, 5.74) is 2.52. The van der Waals surface area contributed by atoms with Crippen molar-refractivity contribution in [3.8, 4) is 5.75 Å². The molecule has 2 aromatic rings. The lowest BCUT2D eigenvalue weighted by Crippen LogP contribution is -2.54. The van der Waals surface area contributed by atoms with Crippen molar-refractivity contribution in [2.45, 2.75) is 19.4 Å². The number of hydrogen-bond acceptors (Lipinski definition) is 4. The van der Waals surface area contributed by atoms with Gasteiger partial charge >= 0.3 is 0 Å². The van der Waals surface area contributed by atoms with E-state index in [-0.39, 0.29) is 16.8 Å². The smallest absolute Gasteiger partial charge is 0.270 e. The average Bonchev–Trinajstić information content (AvgIpc) is 2.98. The van der Waals surface area contributed by atoms with E-state index in [0.717, 1.165) is 23.3 Å². The number of nitrogens with one attached hydrogen (secondary N) is 1. The average molecular weight is 364 g/mol. The Hall–Kier alpha value is -2.99.